The monoisotopic (exact) mass is 537 g/mol. The summed E-state index contributed by atoms with van der Waals surface area (Å²) in [4.78, 5) is 10.8. The Labute approximate surface area is 207 Å². The van der Waals surface area contributed by atoms with Gasteiger partial charge in [0.15, 0.2) is 0 Å². The quantitative estimate of drug-likeness (QED) is 0.298. The van der Waals surface area contributed by atoms with Crippen molar-refractivity contribution in [1.82, 2.24) is 4.72 Å². The van der Waals surface area contributed by atoms with Gasteiger partial charge in [0.1, 0.15) is 12.3 Å². The smallest absolute Gasteiger partial charge is 0.394 e. The number of carboxylic acids is 1. The summed E-state index contributed by atoms with van der Waals surface area (Å²) >= 11 is 0.713. The van der Waals surface area contributed by atoms with Gasteiger partial charge in [-0.25, -0.2) is 13.0 Å². The summed E-state index contributed by atoms with van der Waals surface area (Å²) in [6, 6.07) is 22.1. The summed E-state index contributed by atoms with van der Waals surface area (Å²) in [5, 5.41) is 8.80. The number of ether oxygens (including phenoxy) is 1. The minimum atomic E-state index is -4.14. The van der Waals surface area contributed by atoms with Crippen LogP contribution in [0.5, 0.6) is 5.75 Å². The number of sulfonamides is 1. The van der Waals surface area contributed by atoms with Crippen LogP contribution in [0, 0.1) is 0 Å². The third-order valence-corrected chi connectivity index (χ3v) is 9.46. The average molecular weight is 538 g/mol. The minimum absolute atomic E-state index is 0.000376. The SMILES string of the molecule is COc1ccc(S(=O)(=O)NCC(=O)O)cc1SP(=O)(OCc1ccccc1)OCc1ccccc1. The average Bonchev–Trinajstić information content (AvgIpc) is 2.86. The molecule has 3 aromatic carbocycles. The number of carbonyl (C=O) groups is 1. The summed E-state index contributed by atoms with van der Waals surface area (Å²) in [5.41, 5.74) is 1.55. The first-order valence-electron chi connectivity index (χ1n) is 10.3. The van der Waals surface area contributed by atoms with Gasteiger partial charge in [-0.2, -0.15) is 4.72 Å². The first-order valence-corrected chi connectivity index (χ1v) is 14.7. The summed E-state index contributed by atoms with van der Waals surface area (Å²) in [5.74, 6) is -1.08. The Hall–Kier alpha value is -2.66. The van der Waals surface area contributed by atoms with Gasteiger partial charge in [-0.15, -0.1) is 0 Å². The molecule has 3 aromatic rings. The zero-order valence-electron chi connectivity index (χ0n) is 18.7. The fraction of sp³-hybridized carbons (Fsp3) is 0.174. The Morgan fingerprint density at radius 1 is 0.943 bits per heavy atom. The number of carboxylic acid groups (broad SMARTS) is 1. The van der Waals surface area contributed by atoms with E-state index in [1.165, 1.54) is 25.3 Å². The van der Waals surface area contributed by atoms with Gasteiger partial charge in [-0.1, -0.05) is 60.7 Å². The Balaban J connectivity index is 1.89. The fourth-order valence-corrected chi connectivity index (χ4v) is 7.12. The van der Waals surface area contributed by atoms with Crippen molar-refractivity contribution in [2.75, 3.05) is 13.7 Å². The molecule has 186 valence electrons. The second-order valence-electron chi connectivity index (χ2n) is 7.09. The first-order chi connectivity index (χ1) is 16.7. The van der Waals surface area contributed by atoms with Crippen LogP contribution < -0.4 is 9.46 Å². The number of hydrogen-bond acceptors (Lipinski definition) is 8. The number of hydrogen-bond donors (Lipinski definition) is 2. The first kappa shape index (κ1) is 26.9. The molecule has 3 rings (SSSR count). The molecule has 0 spiro atoms. The molecule has 0 aliphatic rings. The Morgan fingerprint density at radius 2 is 1.49 bits per heavy atom. The van der Waals surface area contributed by atoms with Crippen molar-refractivity contribution >= 4 is 34.2 Å². The van der Waals surface area contributed by atoms with Crippen molar-refractivity contribution in [2.45, 2.75) is 23.0 Å². The maximum Gasteiger partial charge on any atom is 0.394 e. The molecule has 0 saturated heterocycles. The van der Waals surface area contributed by atoms with Crippen LogP contribution in [0.15, 0.2) is 88.7 Å². The van der Waals surface area contributed by atoms with Gasteiger partial charge >= 0.3 is 12.8 Å². The molecule has 0 aliphatic heterocycles. The molecule has 0 bridgehead atoms. The van der Waals surface area contributed by atoms with Gasteiger partial charge in [0, 0.05) is 0 Å². The fourth-order valence-electron chi connectivity index (χ4n) is 2.80. The second-order valence-corrected chi connectivity index (χ2v) is 12.8. The van der Waals surface area contributed by atoms with E-state index in [0.717, 1.165) is 11.1 Å². The van der Waals surface area contributed by atoms with Crippen molar-refractivity contribution in [1.29, 1.82) is 0 Å². The van der Waals surface area contributed by atoms with Crippen LogP contribution in [0.1, 0.15) is 11.1 Å². The maximum absolute atomic E-state index is 13.8. The van der Waals surface area contributed by atoms with E-state index in [4.69, 9.17) is 18.9 Å². The van der Waals surface area contributed by atoms with Gasteiger partial charge in [-0.3, -0.25) is 13.8 Å². The van der Waals surface area contributed by atoms with Crippen LogP contribution in [0.2, 0.25) is 0 Å². The lowest BCUT2D eigenvalue weighted by Crippen LogP contribution is -2.29. The van der Waals surface area contributed by atoms with E-state index in [-0.39, 0.29) is 28.8 Å². The predicted octanol–water partition coefficient (Wildman–Crippen LogP) is 4.69. The topological polar surface area (TPSA) is 128 Å². The normalized spacial score (nSPS) is 11.8. The molecular weight excluding hydrogens is 513 g/mol. The molecule has 2 N–H and O–H groups in total. The van der Waals surface area contributed by atoms with Gasteiger partial charge in [0.25, 0.3) is 0 Å². The Kier molecular flexibility index (Phi) is 9.50. The summed E-state index contributed by atoms with van der Waals surface area (Å²) in [6.07, 6.45) is 0. The van der Waals surface area contributed by atoms with Crippen LogP contribution in [0.4, 0.5) is 0 Å². The highest BCUT2D eigenvalue weighted by Gasteiger charge is 2.30. The number of nitrogens with one attached hydrogen (secondary N) is 1. The van der Waals surface area contributed by atoms with Crippen LogP contribution in [0.3, 0.4) is 0 Å². The zero-order valence-corrected chi connectivity index (χ0v) is 21.2. The molecular formula is C23H24NO8PS2. The van der Waals surface area contributed by atoms with E-state index in [1.807, 2.05) is 65.4 Å². The lowest BCUT2D eigenvalue weighted by Gasteiger charge is -2.19. The van der Waals surface area contributed by atoms with Crippen molar-refractivity contribution < 1.29 is 36.7 Å². The van der Waals surface area contributed by atoms with E-state index in [2.05, 4.69) is 0 Å². The van der Waals surface area contributed by atoms with E-state index >= 15 is 0 Å². The van der Waals surface area contributed by atoms with Gasteiger partial charge < -0.3 is 9.84 Å². The highest BCUT2D eigenvalue weighted by atomic mass is 32.7. The summed E-state index contributed by atoms with van der Waals surface area (Å²) in [7, 11) is -2.75. The van der Waals surface area contributed by atoms with Gasteiger partial charge in [-0.05, 0) is 40.7 Å². The molecule has 35 heavy (non-hydrogen) atoms. The van der Waals surface area contributed by atoms with Gasteiger partial charge in [0.2, 0.25) is 10.0 Å². The molecule has 9 nitrogen and oxygen atoms in total. The number of benzene rings is 3. The summed E-state index contributed by atoms with van der Waals surface area (Å²) in [6.45, 7) is -4.67. The molecule has 0 radical (unpaired) electrons. The highest BCUT2D eigenvalue weighted by Crippen LogP contribution is 2.66. The van der Waals surface area contributed by atoms with Crippen molar-refractivity contribution in [3.05, 3.63) is 90.0 Å². The lowest BCUT2D eigenvalue weighted by atomic mass is 10.2. The van der Waals surface area contributed by atoms with E-state index in [0.29, 0.717) is 11.4 Å². The second kappa shape index (κ2) is 12.3. The zero-order chi connectivity index (χ0) is 25.3. The van der Waals surface area contributed by atoms with Crippen LogP contribution in [-0.2, 0) is 41.6 Å². The lowest BCUT2D eigenvalue weighted by molar-refractivity contribution is -0.135. The number of rotatable bonds is 13. The Morgan fingerprint density at radius 3 is 1.97 bits per heavy atom. The third kappa shape index (κ3) is 8.21. The molecule has 0 fully saturated rings. The minimum Gasteiger partial charge on any atom is -0.496 e. The molecule has 0 atom stereocenters. The molecule has 0 unspecified atom stereocenters. The molecule has 0 amide bonds. The maximum atomic E-state index is 13.8. The van der Waals surface area contributed by atoms with Gasteiger partial charge in [0.05, 0.1) is 30.1 Å². The van der Waals surface area contributed by atoms with Crippen LogP contribution in [-0.4, -0.2) is 33.1 Å². The standard InChI is InChI=1S/C23H24NO8PS2/c1-30-21-13-12-20(35(28,29)24-15-23(25)26)14-22(21)34-33(27,31-16-18-8-4-2-5-9-18)32-17-19-10-6-3-7-11-19/h2-14,24H,15-17H2,1H3,(H,25,26). The highest BCUT2D eigenvalue weighted by molar-refractivity contribution is 8.55. The third-order valence-electron chi connectivity index (χ3n) is 4.53. The van der Waals surface area contributed by atoms with Crippen LogP contribution in [0.25, 0.3) is 0 Å². The molecule has 0 aromatic heterocycles. The molecule has 0 saturated carbocycles. The number of methoxy groups -OCH3 is 1. The predicted molar refractivity (Wildman–Crippen MR) is 132 cm³/mol. The molecule has 0 heterocycles. The number of aliphatic carboxylic acids is 1. The molecule has 0 aliphatic carbocycles. The Bertz CT molecular complexity index is 1240. The van der Waals surface area contributed by atoms with Crippen LogP contribution >= 0.6 is 18.2 Å². The van der Waals surface area contributed by atoms with Crippen molar-refractivity contribution in [3.8, 4) is 5.75 Å². The van der Waals surface area contributed by atoms with Crippen molar-refractivity contribution in [3.63, 3.8) is 0 Å². The van der Waals surface area contributed by atoms with E-state index in [1.54, 1.807) is 0 Å². The van der Waals surface area contributed by atoms with E-state index < -0.39 is 29.3 Å². The molecule has 12 heteroatoms. The van der Waals surface area contributed by atoms with E-state index in [9.17, 15) is 17.8 Å². The summed E-state index contributed by atoms with van der Waals surface area (Å²) < 4.78 is 57.6. The largest absolute Gasteiger partial charge is 0.496 e. The van der Waals surface area contributed by atoms with Crippen molar-refractivity contribution in [2.24, 2.45) is 0 Å².